The fourth-order valence-corrected chi connectivity index (χ4v) is 3.64. The largest absolute Gasteiger partial charge is 0.348 e. The van der Waals surface area contributed by atoms with E-state index >= 15 is 0 Å². The second-order valence-corrected chi connectivity index (χ2v) is 7.10. The highest BCUT2D eigenvalue weighted by Gasteiger charge is 2.10. The maximum Gasteiger partial charge on any atom is 0.234 e. The summed E-state index contributed by atoms with van der Waals surface area (Å²) >= 11 is 1.70. The average molecular weight is 307 g/mol. The van der Waals surface area contributed by atoms with Crippen molar-refractivity contribution in [3.05, 3.63) is 47.3 Å². The van der Waals surface area contributed by atoms with Gasteiger partial charge in [0.25, 0.3) is 0 Å². The zero-order valence-corrected chi connectivity index (χ0v) is 13.2. The quantitative estimate of drug-likeness (QED) is 0.852. The van der Waals surface area contributed by atoms with Crippen LogP contribution < -0.4 is 0 Å². The molecule has 2 rings (SSSR count). The molecule has 0 aliphatic rings. The summed E-state index contributed by atoms with van der Waals surface area (Å²) in [6.45, 7) is 0. The molecule has 0 saturated heterocycles. The Bertz CT molecular complexity index is 589. The van der Waals surface area contributed by atoms with Crippen molar-refractivity contribution in [2.45, 2.75) is 5.75 Å². The van der Waals surface area contributed by atoms with Gasteiger partial charge in [-0.05, 0) is 22.6 Å². The first kappa shape index (κ1) is 14.9. The number of thiophene rings is 1. The molecule has 1 aromatic carbocycles. The van der Waals surface area contributed by atoms with Crippen LogP contribution in [0.3, 0.4) is 0 Å². The fourth-order valence-electron chi connectivity index (χ4n) is 1.71. The van der Waals surface area contributed by atoms with Gasteiger partial charge >= 0.3 is 0 Å². The molecule has 0 aliphatic carbocycles. The molecule has 0 saturated carbocycles. The van der Waals surface area contributed by atoms with Gasteiger partial charge in [0.15, 0.2) is 0 Å². The van der Waals surface area contributed by atoms with E-state index in [1.807, 2.05) is 35.7 Å². The van der Waals surface area contributed by atoms with Crippen molar-refractivity contribution in [2.24, 2.45) is 0 Å². The standard InChI is InChI=1S/C15H17NO2S2/c1-16(2)15(17)11-20(18)10-12-5-7-13(8-6-12)14-4-3-9-19-14/h3-9H,10-11H2,1-2H3/t20-/m0/s1. The summed E-state index contributed by atoms with van der Waals surface area (Å²) in [4.78, 5) is 14.2. The van der Waals surface area contributed by atoms with Crippen LogP contribution in [-0.4, -0.2) is 34.9 Å². The number of carbonyl (C=O) groups is 1. The third-order valence-electron chi connectivity index (χ3n) is 2.87. The number of hydrogen-bond donors (Lipinski definition) is 0. The van der Waals surface area contributed by atoms with Crippen LogP contribution in [0.2, 0.25) is 0 Å². The Morgan fingerprint density at radius 1 is 1.20 bits per heavy atom. The zero-order chi connectivity index (χ0) is 14.5. The molecule has 0 N–H and O–H groups in total. The van der Waals surface area contributed by atoms with E-state index < -0.39 is 10.8 Å². The van der Waals surface area contributed by atoms with Crippen LogP contribution in [0.25, 0.3) is 10.4 Å². The SMILES string of the molecule is CN(C)C(=O)C[S@@](=O)Cc1ccc(-c2cccs2)cc1. The van der Waals surface area contributed by atoms with E-state index in [0.29, 0.717) is 5.75 Å². The topological polar surface area (TPSA) is 37.4 Å². The monoisotopic (exact) mass is 307 g/mol. The molecule has 106 valence electrons. The Morgan fingerprint density at radius 2 is 1.90 bits per heavy atom. The smallest absolute Gasteiger partial charge is 0.234 e. The Hall–Kier alpha value is -1.46. The van der Waals surface area contributed by atoms with Crippen molar-refractivity contribution >= 4 is 28.0 Å². The van der Waals surface area contributed by atoms with Gasteiger partial charge < -0.3 is 4.90 Å². The molecule has 0 aliphatic heterocycles. The second-order valence-electron chi connectivity index (χ2n) is 4.69. The number of rotatable bonds is 5. The molecule has 0 fully saturated rings. The number of carbonyl (C=O) groups excluding carboxylic acids is 1. The summed E-state index contributed by atoms with van der Waals surface area (Å²) in [6, 6.07) is 12.1. The molecule has 0 unspecified atom stereocenters. The van der Waals surface area contributed by atoms with Gasteiger partial charge in [0.1, 0.15) is 5.75 Å². The molecular weight excluding hydrogens is 290 g/mol. The maximum absolute atomic E-state index is 11.9. The van der Waals surface area contributed by atoms with Crippen LogP contribution >= 0.6 is 11.3 Å². The Labute approximate surface area is 125 Å². The minimum atomic E-state index is -1.15. The van der Waals surface area contributed by atoms with Crippen molar-refractivity contribution in [3.63, 3.8) is 0 Å². The number of nitrogens with zero attached hydrogens (tertiary/aromatic N) is 1. The molecule has 1 atom stereocenters. The summed E-state index contributed by atoms with van der Waals surface area (Å²) < 4.78 is 11.9. The number of benzene rings is 1. The van der Waals surface area contributed by atoms with Crippen molar-refractivity contribution < 1.29 is 9.00 Å². The van der Waals surface area contributed by atoms with E-state index in [-0.39, 0.29) is 11.7 Å². The number of hydrogen-bond acceptors (Lipinski definition) is 3. The maximum atomic E-state index is 11.9. The second kappa shape index (κ2) is 6.81. The molecule has 20 heavy (non-hydrogen) atoms. The average Bonchev–Trinajstić information content (AvgIpc) is 2.93. The van der Waals surface area contributed by atoms with Crippen LogP contribution in [0, 0.1) is 0 Å². The zero-order valence-electron chi connectivity index (χ0n) is 11.5. The predicted octanol–water partition coefficient (Wildman–Crippen LogP) is 2.75. The highest BCUT2D eigenvalue weighted by molar-refractivity contribution is 7.84. The molecule has 0 radical (unpaired) electrons. The molecule has 0 bridgehead atoms. The molecule has 3 nitrogen and oxygen atoms in total. The lowest BCUT2D eigenvalue weighted by Crippen LogP contribution is -2.27. The van der Waals surface area contributed by atoms with E-state index in [1.54, 1.807) is 25.4 Å². The van der Waals surface area contributed by atoms with Crippen molar-refractivity contribution in [3.8, 4) is 10.4 Å². The van der Waals surface area contributed by atoms with Crippen molar-refractivity contribution in [1.82, 2.24) is 4.90 Å². The third kappa shape index (κ3) is 4.02. The van der Waals surface area contributed by atoms with Crippen LogP contribution in [0.5, 0.6) is 0 Å². The van der Waals surface area contributed by atoms with Crippen LogP contribution in [0.4, 0.5) is 0 Å². The predicted molar refractivity (Wildman–Crippen MR) is 85.2 cm³/mol. The van der Waals surface area contributed by atoms with Gasteiger partial charge in [-0.2, -0.15) is 0 Å². The molecule has 1 amide bonds. The summed E-state index contributed by atoms with van der Waals surface area (Å²) in [5.41, 5.74) is 2.16. The van der Waals surface area contributed by atoms with Crippen LogP contribution in [0.15, 0.2) is 41.8 Å². The minimum Gasteiger partial charge on any atom is -0.348 e. The molecular formula is C15H17NO2S2. The van der Waals surface area contributed by atoms with Gasteiger partial charge in [-0.1, -0.05) is 30.3 Å². The number of amides is 1. The molecule has 2 aromatic rings. The first-order valence-corrected chi connectivity index (χ1v) is 8.61. The van der Waals surface area contributed by atoms with Gasteiger partial charge in [-0.25, -0.2) is 0 Å². The normalized spacial score (nSPS) is 12.1. The first-order valence-electron chi connectivity index (χ1n) is 6.24. The van der Waals surface area contributed by atoms with E-state index in [1.165, 1.54) is 15.3 Å². The minimum absolute atomic E-state index is 0.0830. The van der Waals surface area contributed by atoms with Gasteiger partial charge in [0.2, 0.25) is 5.91 Å². The van der Waals surface area contributed by atoms with Gasteiger partial charge in [0.05, 0.1) is 0 Å². The molecule has 0 spiro atoms. The van der Waals surface area contributed by atoms with E-state index in [2.05, 4.69) is 6.07 Å². The lowest BCUT2D eigenvalue weighted by Gasteiger charge is -2.09. The lowest BCUT2D eigenvalue weighted by atomic mass is 10.1. The third-order valence-corrected chi connectivity index (χ3v) is 5.01. The molecule has 1 heterocycles. The van der Waals surface area contributed by atoms with Crippen LogP contribution in [0.1, 0.15) is 5.56 Å². The van der Waals surface area contributed by atoms with Gasteiger partial charge in [0, 0.05) is 35.5 Å². The Morgan fingerprint density at radius 3 is 2.45 bits per heavy atom. The Kier molecular flexibility index (Phi) is 5.09. The first-order chi connectivity index (χ1) is 9.56. The van der Waals surface area contributed by atoms with Crippen LogP contribution in [-0.2, 0) is 21.3 Å². The fraction of sp³-hybridized carbons (Fsp3) is 0.267. The highest BCUT2D eigenvalue weighted by atomic mass is 32.2. The van der Waals surface area contributed by atoms with E-state index in [9.17, 15) is 9.00 Å². The van der Waals surface area contributed by atoms with E-state index in [0.717, 1.165) is 5.56 Å². The van der Waals surface area contributed by atoms with Crippen molar-refractivity contribution in [2.75, 3.05) is 19.8 Å². The summed E-state index contributed by atoms with van der Waals surface area (Å²) in [5, 5.41) is 2.05. The van der Waals surface area contributed by atoms with Crippen molar-refractivity contribution in [1.29, 1.82) is 0 Å². The summed E-state index contributed by atoms with van der Waals surface area (Å²) in [6.07, 6.45) is 0. The molecule has 5 heteroatoms. The lowest BCUT2D eigenvalue weighted by molar-refractivity contribution is -0.125. The van der Waals surface area contributed by atoms with Gasteiger partial charge in [-0.15, -0.1) is 11.3 Å². The highest BCUT2D eigenvalue weighted by Crippen LogP contribution is 2.24. The Balaban J connectivity index is 1.97. The van der Waals surface area contributed by atoms with Gasteiger partial charge in [-0.3, -0.25) is 9.00 Å². The molecule has 1 aromatic heterocycles. The summed E-state index contributed by atoms with van der Waals surface area (Å²) in [7, 11) is 2.20. The van der Waals surface area contributed by atoms with E-state index in [4.69, 9.17) is 0 Å². The summed E-state index contributed by atoms with van der Waals surface area (Å²) in [5.74, 6) is 0.405.